The largest absolute Gasteiger partial charge is 0.251 e. The fourth-order valence-electron chi connectivity index (χ4n) is 5.59. The van der Waals surface area contributed by atoms with Crippen LogP contribution in [0.25, 0.3) is 22.3 Å². The molecule has 0 nitrogen and oxygen atoms in total. The zero-order valence-corrected chi connectivity index (χ0v) is 20.4. The number of aryl methyl sites for hydroxylation is 1. The van der Waals surface area contributed by atoms with E-state index in [9.17, 15) is 17.6 Å². The maximum absolute atomic E-state index is 14.9. The molecule has 0 aliphatic heterocycles. The highest BCUT2D eigenvalue weighted by atomic mass is 19.1. The van der Waals surface area contributed by atoms with Crippen LogP contribution in [-0.2, 0) is 6.42 Å². The smallest absolute Gasteiger partial charge is 0.131 e. The Morgan fingerprint density at radius 3 is 2.06 bits per heavy atom. The summed E-state index contributed by atoms with van der Waals surface area (Å²) in [6.45, 7) is 1.93. The van der Waals surface area contributed by atoms with Gasteiger partial charge in [0, 0.05) is 11.1 Å². The van der Waals surface area contributed by atoms with Gasteiger partial charge in [0.05, 0.1) is 6.67 Å². The second-order valence-corrected chi connectivity index (χ2v) is 9.98. The maximum atomic E-state index is 14.9. The summed E-state index contributed by atoms with van der Waals surface area (Å²) in [5.74, 6) is -0.0114. The van der Waals surface area contributed by atoms with E-state index in [1.165, 1.54) is 37.5 Å². The van der Waals surface area contributed by atoms with Crippen LogP contribution in [0, 0.1) is 35.2 Å². The van der Waals surface area contributed by atoms with Gasteiger partial charge in [-0.05, 0) is 84.7 Å². The third-order valence-electron chi connectivity index (χ3n) is 7.87. The van der Waals surface area contributed by atoms with Gasteiger partial charge in [-0.15, -0.1) is 0 Å². The number of rotatable bonds is 9. The van der Waals surface area contributed by atoms with Crippen molar-refractivity contribution in [2.45, 2.75) is 58.3 Å². The van der Waals surface area contributed by atoms with Crippen LogP contribution in [0.4, 0.5) is 17.6 Å². The van der Waals surface area contributed by atoms with Crippen molar-refractivity contribution in [1.82, 2.24) is 0 Å². The quantitative estimate of drug-likeness (QED) is 0.266. The lowest BCUT2D eigenvalue weighted by atomic mass is 9.74. The molecular weight excluding hydrogens is 448 g/mol. The molecule has 0 aromatic heterocycles. The molecular formula is C31H34F4. The van der Waals surface area contributed by atoms with Crippen molar-refractivity contribution in [3.63, 3.8) is 0 Å². The summed E-state index contributed by atoms with van der Waals surface area (Å²) in [6, 6.07) is 15.5. The van der Waals surface area contributed by atoms with Gasteiger partial charge in [0.1, 0.15) is 17.5 Å². The Hall–Kier alpha value is -2.62. The van der Waals surface area contributed by atoms with Crippen molar-refractivity contribution in [3.05, 3.63) is 83.7 Å². The summed E-state index contributed by atoms with van der Waals surface area (Å²) >= 11 is 0. The third kappa shape index (κ3) is 6.15. The van der Waals surface area contributed by atoms with E-state index in [2.05, 4.69) is 6.92 Å². The van der Waals surface area contributed by atoms with Gasteiger partial charge in [-0.3, -0.25) is 4.39 Å². The van der Waals surface area contributed by atoms with Gasteiger partial charge < -0.3 is 0 Å². The Balaban J connectivity index is 1.38. The molecule has 1 aliphatic rings. The number of hydrogen-bond acceptors (Lipinski definition) is 0. The summed E-state index contributed by atoms with van der Waals surface area (Å²) in [5, 5.41) is 0. The molecule has 0 amide bonds. The predicted octanol–water partition coefficient (Wildman–Crippen LogP) is 9.56. The second kappa shape index (κ2) is 11.9. The molecule has 3 aromatic rings. The molecule has 0 heterocycles. The van der Waals surface area contributed by atoms with Gasteiger partial charge in [-0.1, -0.05) is 68.7 Å². The van der Waals surface area contributed by atoms with E-state index in [0.717, 1.165) is 31.6 Å². The fourth-order valence-corrected chi connectivity index (χ4v) is 5.59. The standard InChI is InChI=1S/C31H34F4/c1-2-21-10-12-22(13-11-21)26(20-32)7-5-6-23-14-15-24(18-30(23)34)28-17-16-25(19-31(28)35)27-8-3-4-9-29(27)33/h3-4,8-9,14-19,21-22,26H,2,5-7,10-13,20H2,1H3/t21-,22-,26?. The fraction of sp³-hybridized carbons (Fsp3) is 0.419. The molecule has 1 saturated carbocycles. The van der Waals surface area contributed by atoms with E-state index in [4.69, 9.17) is 0 Å². The van der Waals surface area contributed by atoms with Crippen molar-refractivity contribution >= 4 is 0 Å². The van der Waals surface area contributed by atoms with Crippen LogP contribution in [0.3, 0.4) is 0 Å². The summed E-state index contributed by atoms with van der Waals surface area (Å²) in [6.07, 6.45) is 7.88. The monoisotopic (exact) mass is 482 g/mol. The Morgan fingerprint density at radius 1 is 0.771 bits per heavy atom. The highest BCUT2D eigenvalue weighted by Crippen LogP contribution is 2.37. The number of alkyl halides is 1. The molecule has 0 saturated heterocycles. The normalized spacial score (nSPS) is 19.0. The molecule has 4 heteroatoms. The van der Waals surface area contributed by atoms with Crippen LogP contribution in [-0.4, -0.2) is 6.67 Å². The average molecular weight is 483 g/mol. The van der Waals surface area contributed by atoms with Gasteiger partial charge in [0.25, 0.3) is 0 Å². The van der Waals surface area contributed by atoms with Crippen molar-refractivity contribution in [2.75, 3.05) is 6.67 Å². The molecule has 1 aliphatic carbocycles. The average Bonchev–Trinajstić information content (AvgIpc) is 2.88. The van der Waals surface area contributed by atoms with Crippen molar-refractivity contribution in [3.8, 4) is 22.3 Å². The van der Waals surface area contributed by atoms with Gasteiger partial charge in [0.15, 0.2) is 0 Å². The van der Waals surface area contributed by atoms with Gasteiger partial charge in [0.2, 0.25) is 0 Å². The van der Waals surface area contributed by atoms with Crippen molar-refractivity contribution in [1.29, 1.82) is 0 Å². The van der Waals surface area contributed by atoms with Crippen LogP contribution in [0.1, 0.15) is 57.4 Å². The zero-order chi connectivity index (χ0) is 24.8. The summed E-state index contributed by atoms with van der Waals surface area (Å²) < 4.78 is 57.5. The Morgan fingerprint density at radius 2 is 1.43 bits per heavy atom. The highest BCUT2D eigenvalue weighted by molar-refractivity contribution is 5.71. The van der Waals surface area contributed by atoms with Gasteiger partial charge in [-0.25, -0.2) is 13.2 Å². The number of halogens is 4. The van der Waals surface area contributed by atoms with Crippen LogP contribution in [0.2, 0.25) is 0 Å². The molecule has 1 unspecified atom stereocenters. The number of hydrogen-bond donors (Lipinski definition) is 0. The van der Waals surface area contributed by atoms with Crippen LogP contribution in [0.15, 0.2) is 60.7 Å². The van der Waals surface area contributed by atoms with Gasteiger partial charge >= 0.3 is 0 Å². The summed E-state index contributed by atoms with van der Waals surface area (Å²) in [7, 11) is 0. The first-order valence-corrected chi connectivity index (χ1v) is 12.9. The van der Waals surface area contributed by atoms with Crippen LogP contribution >= 0.6 is 0 Å². The summed E-state index contributed by atoms with van der Waals surface area (Å²) in [5.41, 5.74) is 2.05. The van der Waals surface area contributed by atoms with E-state index < -0.39 is 11.6 Å². The molecule has 1 fully saturated rings. The zero-order valence-electron chi connectivity index (χ0n) is 20.4. The highest BCUT2D eigenvalue weighted by Gasteiger charge is 2.26. The van der Waals surface area contributed by atoms with Crippen LogP contribution in [0.5, 0.6) is 0 Å². The maximum Gasteiger partial charge on any atom is 0.131 e. The molecule has 0 spiro atoms. The molecule has 1 atom stereocenters. The minimum atomic E-state index is -0.526. The second-order valence-electron chi connectivity index (χ2n) is 9.98. The minimum Gasteiger partial charge on any atom is -0.251 e. The molecule has 4 rings (SSSR count). The van der Waals surface area contributed by atoms with Crippen molar-refractivity contribution < 1.29 is 17.6 Å². The molecule has 0 N–H and O–H groups in total. The summed E-state index contributed by atoms with van der Waals surface area (Å²) in [4.78, 5) is 0. The predicted molar refractivity (Wildman–Crippen MR) is 135 cm³/mol. The molecule has 186 valence electrons. The Bertz CT molecular complexity index is 1110. The first-order valence-electron chi connectivity index (χ1n) is 12.9. The van der Waals surface area contributed by atoms with E-state index in [1.807, 2.05) is 0 Å². The molecule has 0 bridgehead atoms. The number of benzene rings is 3. The molecule has 3 aromatic carbocycles. The van der Waals surface area contributed by atoms with Crippen LogP contribution < -0.4 is 0 Å². The van der Waals surface area contributed by atoms with E-state index in [-0.39, 0.29) is 24.0 Å². The van der Waals surface area contributed by atoms with Gasteiger partial charge in [-0.2, -0.15) is 0 Å². The Kier molecular flexibility index (Phi) is 8.64. The SMILES string of the molecule is CC[C@H]1CC[C@H](C(CF)CCCc2ccc(-c3ccc(-c4ccccc4F)cc3F)cc2F)CC1. The lowest BCUT2D eigenvalue weighted by molar-refractivity contribution is 0.163. The van der Waals surface area contributed by atoms with E-state index in [1.54, 1.807) is 42.5 Å². The Labute approximate surface area is 206 Å². The lowest BCUT2D eigenvalue weighted by Crippen LogP contribution is -2.23. The first-order chi connectivity index (χ1) is 17.0. The van der Waals surface area contributed by atoms with Crippen molar-refractivity contribution in [2.24, 2.45) is 17.8 Å². The molecule has 35 heavy (non-hydrogen) atoms. The lowest BCUT2D eigenvalue weighted by Gasteiger charge is -2.32. The topological polar surface area (TPSA) is 0 Å². The van der Waals surface area contributed by atoms with E-state index >= 15 is 0 Å². The minimum absolute atomic E-state index is 0.0669. The third-order valence-corrected chi connectivity index (χ3v) is 7.87. The first kappa shape index (κ1) is 25.5. The molecule has 0 radical (unpaired) electrons. The van der Waals surface area contributed by atoms with E-state index in [0.29, 0.717) is 34.6 Å².